The molecule has 0 aliphatic carbocycles. The van der Waals surface area contributed by atoms with Crippen molar-refractivity contribution in [2.24, 2.45) is 9.98 Å². The summed E-state index contributed by atoms with van der Waals surface area (Å²) in [6.07, 6.45) is 4.35. The Morgan fingerprint density at radius 3 is 1.18 bits per heavy atom. The summed E-state index contributed by atoms with van der Waals surface area (Å²) in [5, 5.41) is 4.55. The average molecular weight is 625 g/mol. The summed E-state index contributed by atoms with van der Waals surface area (Å²) < 4.78 is 0. The van der Waals surface area contributed by atoms with Crippen LogP contribution in [0.25, 0.3) is 45.1 Å². The minimum Gasteiger partial charge on any atom is -0.659 e. The van der Waals surface area contributed by atoms with Crippen LogP contribution in [0.3, 0.4) is 0 Å². The molecule has 220 valence electrons. The molecule has 0 atom stereocenters. The van der Waals surface area contributed by atoms with Crippen LogP contribution in [0, 0.1) is 0 Å². The quantitative estimate of drug-likeness (QED) is 0.159. The van der Waals surface area contributed by atoms with E-state index in [2.05, 4.69) is 137 Å². The van der Waals surface area contributed by atoms with Crippen LogP contribution in [0.5, 0.6) is 0 Å². The molecule has 45 heavy (non-hydrogen) atoms. The Labute approximate surface area is 272 Å². The van der Waals surface area contributed by atoms with Gasteiger partial charge in [0.15, 0.2) is 0 Å². The molecule has 6 aromatic rings. The Kier molecular flexibility index (Phi) is 5.95. The molecule has 8 bridgehead atoms. The van der Waals surface area contributed by atoms with Crippen LogP contribution in [0.1, 0.15) is 72.7 Å². The van der Waals surface area contributed by atoms with Gasteiger partial charge < -0.3 is 9.97 Å². The van der Waals surface area contributed by atoms with Crippen molar-refractivity contribution >= 4 is 56.5 Å². The Morgan fingerprint density at radius 1 is 0.444 bits per heavy atom. The second-order valence-corrected chi connectivity index (χ2v) is 13.1. The smallest absolute Gasteiger partial charge is 0.659 e. The van der Waals surface area contributed by atoms with Crippen LogP contribution in [0.15, 0.2) is 107 Å². The van der Waals surface area contributed by atoms with Crippen molar-refractivity contribution in [1.82, 2.24) is 9.97 Å². The third-order valence-corrected chi connectivity index (χ3v) is 9.68. The van der Waals surface area contributed by atoms with E-state index in [0.29, 0.717) is 0 Å². The van der Waals surface area contributed by atoms with Crippen molar-refractivity contribution in [3.63, 3.8) is 0 Å². The van der Waals surface area contributed by atoms with Gasteiger partial charge in [-0.15, -0.1) is 22.8 Å². The topological polar surface area (TPSA) is 52.9 Å². The van der Waals surface area contributed by atoms with Crippen molar-refractivity contribution < 1.29 is 16.5 Å². The van der Waals surface area contributed by atoms with E-state index in [0.717, 1.165) is 89.4 Å². The zero-order valence-corrected chi connectivity index (χ0v) is 26.5. The van der Waals surface area contributed by atoms with E-state index in [4.69, 9.17) is 20.0 Å². The molecule has 3 aliphatic heterocycles. The van der Waals surface area contributed by atoms with Crippen LogP contribution in [-0.2, 0) is 27.3 Å². The van der Waals surface area contributed by atoms with Crippen LogP contribution >= 0.6 is 0 Å². The zero-order chi connectivity index (χ0) is 29.8. The molecule has 0 fully saturated rings. The molecule has 5 heteroatoms. The van der Waals surface area contributed by atoms with Gasteiger partial charge in [0.2, 0.25) is 0 Å². The molecular formula is C40H30N4Ni. The molecule has 4 aromatic carbocycles. The van der Waals surface area contributed by atoms with Crippen molar-refractivity contribution in [2.45, 2.75) is 38.5 Å². The summed E-state index contributed by atoms with van der Waals surface area (Å²) in [7, 11) is 0. The van der Waals surface area contributed by atoms with Crippen molar-refractivity contribution in [3.05, 3.63) is 142 Å². The summed E-state index contributed by atoms with van der Waals surface area (Å²) in [5.74, 6) is 0. The van der Waals surface area contributed by atoms with E-state index in [1.165, 1.54) is 0 Å². The number of hydrogen-bond acceptors (Lipinski definition) is 2. The molecule has 0 saturated carbocycles. The van der Waals surface area contributed by atoms with E-state index in [1.807, 2.05) is 0 Å². The molecule has 3 aliphatic rings. The summed E-state index contributed by atoms with van der Waals surface area (Å²) in [5.41, 5.74) is 11.5. The van der Waals surface area contributed by atoms with E-state index in [-0.39, 0.29) is 16.5 Å². The third kappa shape index (κ3) is 3.84. The third-order valence-electron chi connectivity index (χ3n) is 9.68. The Bertz CT molecular complexity index is 2170. The van der Waals surface area contributed by atoms with Gasteiger partial charge in [-0.25, -0.2) is 0 Å². The Balaban J connectivity index is 0.00000300. The molecule has 0 amide bonds. The van der Waals surface area contributed by atoms with Gasteiger partial charge in [0, 0.05) is 33.1 Å². The largest absolute Gasteiger partial charge is 2.00 e. The Morgan fingerprint density at radius 2 is 0.778 bits per heavy atom. The standard InChI is InChI=1S/C40H30N4.Ni/c1-39(2)35-27-17-9-5-13-23(27)31(41-35)21-33-25-15-7-11-19-29(25)37(43-33)40(3,4)38-30-20-12-8-16-26(30)34(44-38)22-32-24-14-6-10-18-28(24)36(39)42-32;/h5-22H,1-4H3;/q-2;+2/b31-21-,34-22-;. The fourth-order valence-electron chi connectivity index (χ4n) is 7.44. The van der Waals surface area contributed by atoms with Crippen LogP contribution in [0.4, 0.5) is 0 Å². The van der Waals surface area contributed by atoms with Gasteiger partial charge in [0.25, 0.3) is 0 Å². The fourth-order valence-corrected chi connectivity index (χ4v) is 7.44. The summed E-state index contributed by atoms with van der Waals surface area (Å²) in [4.78, 5) is 21.5. The van der Waals surface area contributed by atoms with E-state index >= 15 is 0 Å². The van der Waals surface area contributed by atoms with Crippen LogP contribution in [-0.4, -0.2) is 11.4 Å². The molecule has 9 rings (SSSR count). The molecule has 5 heterocycles. The number of aliphatic imine (C=N–C) groups is 2. The van der Waals surface area contributed by atoms with Gasteiger partial charge in [-0.3, -0.25) is 9.98 Å². The summed E-state index contributed by atoms with van der Waals surface area (Å²) in [6, 6.07) is 34.3. The maximum Gasteiger partial charge on any atom is 2.00 e. The fraction of sp³-hybridized carbons (Fsp3) is 0.150. The average Bonchev–Trinajstić information content (AvgIpc) is 3.80. The SMILES string of the molecule is CC1(C)C2=N/C(=C\c3[n-]c(c4ccccc34)C(C)(C)C3=N/C(=C\c4[n-]c1c1ccccc41)c1ccccc13)c1ccccc12.[Ni+2]. The van der Waals surface area contributed by atoms with Gasteiger partial charge in [-0.05, 0) is 33.7 Å². The zero-order valence-electron chi connectivity index (χ0n) is 25.5. The number of hydrogen-bond donors (Lipinski definition) is 0. The minimum atomic E-state index is -0.462. The predicted molar refractivity (Wildman–Crippen MR) is 182 cm³/mol. The Hall–Kier alpha value is -4.73. The number of nitrogens with zero attached hydrogens (tertiary/aromatic N) is 4. The number of aromatic nitrogens is 2. The predicted octanol–water partition coefficient (Wildman–Crippen LogP) is 8.78. The molecule has 0 radical (unpaired) electrons. The normalized spacial score (nSPS) is 19.5. The van der Waals surface area contributed by atoms with E-state index in [1.54, 1.807) is 0 Å². The van der Waals surface area contributed by atoms with Crippen LogP contribution < -0.4 is 9.97 Å². The minimum absolute atomic E-state index is 0. The summed E-state index contributed by atoms with van der Waals surface area (Å²) >= 11 is 0. The second kappa shape index (κ2) is 9.63. The van der Waals surface area contributed by atoms with Gasteiger partial charge in [-0.1, -0.05) is 125 Å². The molecule has 4 nitrogen and oxygen atoms in total. The maximum absolute atomic E-state index is 5.39. The van der Waals surface area contributed by atoms with E-state index in [9.17, 15) is 0 Å². The first-order valence-corrected chi connectivity index (χ1v) is 15.3. The first-order valence-electron chi connectivity index (χ1n) is 15.3. The number of benzene rings is 4. The van der Waals surface area contributed by atoms with Gasteiger partial charge >= 0.3 is 16.5 Å². The molecule has 0 spiro atoms. The molecular weight excluding hydrogens is 595 g/mol. The first-order chi connectivity index (χ1) is 21.3. The van der Waals surface area contributed by atoms with Crippen molar-refractivity contribution in [2.75, 3.05) is 0 Å². The van der Waals surface area contributed by atoms with E-state index < -0.39 is 10.8 Å². The summed E-state index contributed by atoms with van der Waals surface area (Å²) in [6.45, 7) is 8.99. The first kappa shape index (κ1) is 27.8. The van der Waals surface area contributed by atoms with Crippen LogP contribution in [0.2, 0.25) is 0 Å². The molecule has 0 N–H and O–H groups in total. The van der Waals surface area contributed by atoms with Gasteiger partial charge in [0.1, 0.15) is 0 Å². The second-order valence-electron chi connectivity index (χ2n) is 13.1. The van der Waals surface area contributed by atoms with Gasteiger partial charge in [-0.2, -0.15) is 0 Å². The maximum atomic E-state index is 5.39. The van der Waals surface area contributed by atoms with Crippen molar-refractivity contribution in [3.8, 4) is 0 Å². The monoisotopic (exact) mass is 624 g/mol. The molecule has 0 saturated heterocycles. The number of rotatable bonds is 0. The number of fused-ring (bicyclic) bond motifs is 18. The van der Waals surface area contributed by atoms with Crippen molar-refractivity contribution in [1.29, 1.82) is 0 Å². The molecule has 0 unspecified atom stereocenters. The van der Waals surface area contributed by atoms with Gasteiger partial charge in [0.05, 0.1) is 22.8 Å². The molecule has 2 aromatic heterocycles.